The Kier molecular flexibility index (Phi) is 4.50. The van der Waals surface area contributed by atoms with Crippen LogP contribution in [-0.2, 0) is 6.42 Å². The van der Waals surface area contributed by atoms with Gasteiger partial charge in [0.15, 0.2) is 0 Å². The molecule has 2 rings (SSSR count). The average molecular weight is 251 g/mol. The van der Waals surface area contributed by atoms with Crippen molar-refractivity contribution in [2.45, 2.75) is 57.2 Å². The van der Waals surface area contributed by atoms with Crippen LogP contribution in [0.1, 0.15) is 56.6 Å². The predicted octanol–water partition coefficient (Wildman–Crippen LogP) is 5.15. The van der Waals surface area contributed by atoms with E-state index in [1.165, 1.54) is 24.8 Å². The molecule has 94 valence electrons. The minimum atomic E-state index is 0.308. The van der Waals surface area contributed by atoms with E-state index in [1.807, 2.05) is 0 Å². The maximum Gasteiger partial charge on any atom is 0.0362 e. The second kappa shape index (κ2) is 5.91. The molecule has 0 aromatic heterocycles. The Morgan fingerprint density at radius 2 is 2.06 bits per heavy atom. The van der Waals surface area contributed by atoms with Gasteiger partial charge in [0.2, 0.25) is 0 Å². The van der Waals surface area contributed by atoms with E-state index in [9.17, 15) is 0 Å². The predicted molar refractivity (Wildman–Crippen MR) is 75.8 cm³/mol. The minimum Gasteiger partial charge on any atom is -0.123 e. The van der Waals surface area contributed by atoms with Gasteiger partial charge in [0.05, 0.1) is 0 Å². The molecule has 0 amide bonds. The zero-order valence-electron chi connectivity index (χ0n) is 11.0. The van der Waals surface area contributed by atoms with Crippen molar-refractivity contribution in [1.29, 1.82) is 0 Å². The van der Waals surface area contributed by atoms with Gasteiger partial charge in [0.1, 0.15) is 0 Å². The molecule has 0 heterocycles. The molecule has 1 aromatic rings. The smallest absolute Gasteiger partial charge is 0.0362 e. The van der Waals surface area contributed by atoms with Crippen molar-refractivity contribution in [2.24, 2.45) is 5.92 Å². The Hall–Kier alpha value is -0.490. The Morgan fingerprint density at radius 1 is 1.29 bits per heavy atom. The molecule has 1 heteroatoms. The molecule has 0 bridgehead atoms. The van der Waals surface area contributed by atoms with Crippen LogP contribution in [0.3, 0.4) is 0 Å². The first-order valence-electron chi connectivity index (χ1n) is 6.89. The van der Waals surface area contributed by atoms with Crippen LogP contribution < -0.4 is 0 Å². The van der Waals surface area contributed by atoms with E-state index in [0.29, 0.717) is 11.3 Å². The van der Waals surface area contributed by atoms with Gasteiger partial charge in [0.25, 0.3) is 0 Å². The van der Waals surface area contributed by atoms with Crippen molar-refractivity contribution in [1.82, 2.24) is 0 Å². The lowest BCUT2D eigenvalue weighted by Gasteiger charge is -2.26. The van der Waals surface area contributed by atoms with E-state index >= 15 is 0 Å². The third-order valence-corrected chi connectivity index (χ3v) is 4.68. The van der Waals surface area contributed by atoms with Crippen LogP contribution in [0, 0.1) is 5.92 Å². The maximum absolute atomic E-state index is 6.31. The van der Waals surface area contributed by atoms with Gasteiger partial charge < -0.3 is 0 Å². The highest BCUT2D eigenvalue weighted by Crippen LogP contribution is 2.36. The minimum absolute atomic E-state index is 0.308. The number of hydrogen-bond donors (Lipinski definition) is 0. The van der Waals surface area contributed by atoms with Crippen LogP contribution >= 0.6 is 11.6 Å². The molecular weight excluding hydrogens is 228 g/mol. The van der Waals surface area contributed by atoms with Gasteiger partial charge >= 0.3 is 0 Å². The molecule has 0 spiro atoms. The molecule has 0 N–H and O–H groups in total. The molecule has 0 nitrogen and oxygen atoms in total. The lowest BCUT2D eigenvalue weighted by atomic mass is 9.79. The summed E-state index contributed by atoms with van der Waals surface area (Å²) in [6.07, 6.45) is 6.38. The van der Waals surface area contributed by atoms with Crippen LogP contribution in [0.25, 0.3) is 0 Å². The summed E-state index contributed by atoms with van der Waals surface area (Å²) in [6.45, 7) is 4.39. The molecule has 1 atom stereocenters. The van der Waals surface area contributed by atoms with Crippen molar-refractivity contribution in [3.63, 3.8) is 0 Å². The van der Waals surface area contributed by atoms with Crippen LogP contribution in [0.4, 0.5) is 0 Å². The van der Waals surface area contributed by atoms with Crippen LogP contribution in [0.2, 0.25) is 0 Å². The summed E-state index contributed by atoms with van der Waals surface area (Å²) in [5.41, 5.74) is 3.00. The van der Waals surface area contributed by atoms with E-state index in [1.54, 1.807) is 5.56 Å². The zero-order valence-corrected chi connectivity index (χ0v) is 11.7. The Morgan fingerprint density at radius 3 is 2.65 bits per heavy atom. The Balaban J connectivity index is 1.92. The molecule has 0 aliphatic heterocycles. The fourth-order valence-electron chi connectivity index (χ4n) is 2.38. The first-order valence-corrected chi connectivity index (χ1v) is 7.33. The zero-order chi connectivity index (χ0) is 12.3. The van der Waals surface area contributed by atoms with Crippen molar-refractivity contribution in [3.05, 3.63) is 35.4 Å². The summed E-state index contributed by atoms with van der Waals surface area (Å²) in [4.78, 5) is 0. The number of rotatable bonds is 5. The van der Waals surface area contributed by atoms with Crippen LogP contribution in [-0.4, -0.2) is 5.38 Å². The quantitative estimate of drug-likeness (QED) is 0.634. The first-order chi connectivity index (χ1) is 8.16. The fraction of sp³-hybridized carbons (Fsp3) is 0.625. The Labute approximate surface area is 110 Å². The summed E-state index contributed by atoms with van der Waals surface area (Å²) in [5.74, 6) is 1.42. The molecule has 1 aromatic carbocycles. The second-order valence-corrected chi connectivity index (χ2v) is 6.23. The van der Waals surface area contributed by atoms with Gasteiger partial charge in [-0.2, -0.15) is 0 Å². The summed E-state index contributed by atoms with van der Waals surface area (Å²) in [6, 6.07) is 9.13. The van der Waals surface area contributed by atoms with Crippen molar-refractivity contribution >= 4 is 11.6 Å². The topological polar surface area (TPSA) is 0 Å². The van der Waals surface area contributed by atoms with Gasteiger partial charge in [-0.1, -0.05) is 44.5 Å². The van der Waals surface area contributed by atoms with E-state index in [0.717, 1.165) is 18.8 Å². The van der Waals surface area contributed by atoms with Gasteiger partial charge in [-0.05, 0) is 48.6 Å². The highest BCUT2D eigenvalue weighted by Gasteiger charge is 2.19. The van der Waals surface area contributed by atoms with E-state index < -0.39 is 0 Å². The summed E-state index contributed by atoms with van der Waals surface area (Å²) >= 11 is 6.31. The lowest BCUT2D eigenvalue weighted by Crippen LogP contribution is -2.10. The van der Waals surface area contributed by atoms with Gasteiger partial charge in [-0.15, -0.1) is 11.6 Å². The maximum atomic E-state index is 6.31. The molecule has 1 fully saturated rings. The molecule has 17 heavy (non-hydrogen) atoms. The first kappa shape index (κ1) is 13.0. The Bertz CT molecular complexity index is 352. The number of alkyl halides is 1. The van der Waals surface area contributed by atoms with E-state index in [-0.39, 0.29) is 0 Å². The lowest BCUT2D eigenvalue weighted by molar-refractivity contribution is 0.419. The average Bonchev–Trinajstić information content (AvgIpc) is 2.24. The second-order valence-electron chi connectivity index (χ2n) is 5.67. The van der Waals surface area contributed by atoms with Crippen molar-refractivity contribution in [2.75, 3.05) is 0 Å². The monoisotopic (exact) mass is 250 g/mol. The highest BCUT2D eigenvalue weighted by molar-refractivity contribution is 6.20. The van der Waals surface area contributed by atoms with Crippen LogP contribution in [0.5, 0.6) is 0 Å². The van der Waals surface area contributed by atoms with Crippen molar-refractivity contribution < 1.29 is 0 Å². The van der Waals surface area contributed by atoms with E-state index in [2.05, 4.69) is 38.1 Å². The van der Waals surface area contributed by atoms with Gasteiger partial charge in [-0.25, -0.2) is 0 Å². The molecule has 0 saturated heterocycles. The van der Waals surface area contributed by atoms with E-state index in [4.69, 9.17) is 11.6 Å². The third kappa shape index (κ3) is 3.48. The molecule has 1 aliphatic carbocycles. The van der Waals surface area contributed by atoms with Gasteiger partial charge in [0, 0.05) is 5.38 Å². The standard InChI is InChI=1S/C16H23Cl/c1-12(2)16(17)10-9-13-5-3-8-15(11-13)14-6-4-7-14/h3,5,8,11-12,14,16H,4,6-7,9-10H2,1-2H3. The largest absolute Gasteiger partial charge is 0.123 e. The molecular formula is C16H23Cl. The number of halogens is 1. The normalized spacial score (nSPS) is 18.1. The number of benzene rings is 1. The molecule has 0 radical (unpaired) electrons. The number of aryl methyl sites for hydroxylation is 1. The van der Waals surface area contributed by atoms with Crippen molar-refractivity contribution in [3.8, 4) is 0 Å². The SMILES string of the molecule is CC(C)C(Cl)CCc1cccc(C2CCC2)c1. The molecule has 1 aliphatic rings. The molecule has 1 unspecified atom stereocenters. The third-order valence-electron chi connectivity index (χ3n) is 3.96. The summed E-state index contributed by atoms with van der Waals surface area (Å²) in [7, 11) is 0. The number of hydrogen-bond acceptors (Lipinski definition) is 0. The molecule has 1 saturated carbocycles. The van der Waals surface area contributed by atoms with Gasteiger partial charge in [-0.3, -0.25) is 0 Å². The fourth-order valence-corrected chi connectivity index (χ4v) is 2.49. The van der Waals surface area contributed by atoms with Crippen LogP contribution in [0.15, 0.2) is 24.3 Å². The highest BCUT2D eigenvalue weighted by atomic mass is 35.5. The summed E-state index contributed by atoms with van der Waals surface area (Å²) < 4.78 is 0. The summed E-state index contributed by atoms with van der Waals surface area (Å²) in [5, 5.41) is 0.308.